The van der Waals surface area contributed by atoms with E-state index in [-0.39, 0.29) is 18.6 Å². The standard InChI is InChI=1S/C31H33FN6O3/c1-20-6-5-7-25(31(2,3)4)29(20)38-28(12-13-34-38)36-30(40)33-18-22-16-23(32)8-11-27(22)41-24-9-10-26-21(17-24)19-35-37(26)14-15-39/h5-13,16-17,19,39H,14-15,18H2,1-4H3,(H2,33,36,40). The van der Waals surface area contributed by atoms with Crippen LogP contribution >= 0.6 is 0 Å². The summed E-state index contributed by atoms with van der Waals surface area (Å²) in [5, 5.41) is 24.5. The normalized spacial score (nSPS) is 11.6. The van der Waals surface area contributed by atoms with Crippen molar-refractivity contribution in [3.63, 3.8) is 0 Å². The molecule has 2 amide bonds. The molecule has 0 spiro atoms. The summed E-state index contributed by atoms with van der Waals surface area (Å²) < 4.78 is 23.7. The van der Waals surface area contributed by atoms with Gasteiger partial charge in [0.25, 0.3) is 0 Å². The Balaban J connectivity index is 1.31. The molecule has 0 atom stereocenters. The number of ether oxygens (including phenoxy) is 1. The zero-order valence-corrected chi connectivity index (χ0v) is 23.5. The zero-order chi connectivity index (χ0) is 29.1. The summed E-state index contributed by atoms with van der Waals surface area (Å²) in [5.41, 5.74) is 4.25. The summed E-state index contributed by atoms with van der Waals surface area (Å²) in [6.07, 6.45) is 3.33. The van der Waals surface area contributed by atoms with Gasteiger partial charge in [0.05, 0.1) is 36.7 Å². The molecule has 5 rings (SSSR count). The number of anilines is 1. The number of fused-ring (bicyclic) bond motifs is 1. The number of nitrogens with one attached hydrogen (secondary N) is 2. The van der Waals surface area contributed by atoms with Crippen molar-refractivity contribution in [1.82, 2.24) is 24.9 Å². The Morgan fingerprint density at radius 1 is 1.07 bits per heavy atom. The summed E-state index contributed by atoms with van der Waals surface area (Å²) in [5.74, 6) is 1.01. The first-order chi connectivity index (χ1) is 19.6. The van der Waals surface area contributed by atoms with Crippen LogP contribution in [0.1, 0.15) is 37.5 Å². The second-order valence-electron chi connectivity index (χ2n) is 10.8. The number of para-hydroxylation sites is 1. The molecule has 0 aliphatic rings. The molecule has 0 aliphatic carbocycles. The maximum absolute atomic E-state index is 14.2. The van der Waals surface area contributed by atoms with E-state index in [9.17, 15) is 14.3 Å². The SMILES string of the molecule is Cc1cccc(C(C)(C)C)c1-n1nccc1NC(=O)NCc1cc(F)ccc1Oc1ccc2c(cnn2CCO)c1. The Morgan fingerprint density at radius 3 is 2.68 bits per heavy atom. The van der Waals surface area contributed by atoms with Crippen molar-refractivity contribution in [2.45, 2.75) is 46.2 Å². The van der Waals surface area contributed by atoms with E-state index < -0.39 is 11.8 Å². The molecule has 212 valence electrons. The molecule has 0 saturated heterocycles. The van der Waals surface area contributed by atoms with Crippen molar-refractivity contribution in [1.29, 1.82) is 0 Å². The van der Waals surface area contributed by atoms with Gasteiger partial charge in [-0.25, -0.2) is 13.9 Å². The van der Waals surface area contributed by atoms with E-state index in [2.05, 4.69) is 47.7 Å². The van der Waals surface area contributed by atoms with Crippen LogP contribution in [0.3, 0.4) is 0 Å². The number of benzene rings is 3. The van der Waals surface area contributed by atoms with Gasteiger partial charge in [-0.1, -0.05) is 39.0 Å². The molecule has 2 aromatic heterocycles. The molecule has 10 heteroatoms. The molecule has 9 nitrogen and oxygen atoms in total. The van der Waals surface area contributed by atoms with Crippen LogP contribution in [0.5, 0.6) is 11.5 Å². The van der Waals surface area contributed by atoms with Crippen molar-refractivity contribution < 1.29 is 19.0 Å². The molecule has 0 unspecified atom stereocenters. The number of amides is 2. The fraction of sp³-hybridized carbons (Fsp3) is 0.258. The zero-order valence-electron chi connectivity index (χ0n) is 23.5. The van der Waals surface area contributed by atoms with E-state index in [0.717, 1.165) is 27.7 Å². The summed E-state index contributed by atoms with van der Waals surface area (Å²) >= 11 is 0. The smallest absolute Gasteiger partial charge is 0.320 e. The number of aromatic nitrogens is 4. The lowest BCUT2D eigenvalue weighted by molar-refractivity contribution is 0.251. The molecule has 41 heavy (non-hydrogen) atoms. The Labute approximate surface area is 237 Å². The third-order valence-electron chi connectivity index (χ3n) is 6.76. The third-order valence-corrected chi connectivity index (χ3v) is 6.76. The van der Waals surface area contributed by atoms with Gasteiger partial charge in [0.15, 0.2) is 0 Å². The summed E-state index contributed by atoms with van der Waals surface area (Å²) in [6, 6.07) is 17.0. The number of rotatable bonds is 8. The van der Waals surface area contributed by atoms with Crippen molar-refractivity contribution in [2.24, 2.45) is 0 Å². The van der Waals surface area contributed by atoms with Crippen molar-refractivity contribution in [3.05, 3.63) is 95.6 Å². The molecule has 0 saturated carbocycles. The van der Waals surface area contributed by atoms with E-state index in [4.69, 9.17) is 4.74 Å². The lowest BCUT2D eigenvalue weighted by atomic mass is 9.84. The highest BCUT2D eigenvalue weighted by Gasteiger charge is 2.22. The summed E-state index contributed by atoms with van der Waals surface area (Å²) in [6.45, 7) is 8.83. The van der Waals surface area contributed by atoms with Gasteiger partial charge in [-0.15, -0.1) is 0 Å². The molecule has 5 aromatic rings. The highest BCUT2D eigenvalue weighted by molar-refractivity contribution is 5.88. The summed E-state index contributed by atoms with van der Waals surface area (Å²) in [4.78, 5) is 13.0. The first-order valence-corrected chi connectivity index (χ1v) is 13.4. The molecule has 3 N–H and O–H groups in total. The molecular formula is C31H33FN6O3. The quantitative estimate of drug-likeness (QED) is 0.215. The van der Waals surface area contributed by atoms with E-state index in [1.165, 1.54) is 18.2 Å². The van der Waals surface area contributed by atoms with Gasteiger partial charge in [0.1, 0.15) is 23.1 Å². The number of aliphatic hydroxyl groups is 1. The Hall–Kier alpha value is -4.70. The van der Waals surface area contributed by atoms with Crippen LogP contribution in [-0.4, -0.2) is 37.3 Å². The average molecular weight is 557 g/mol. The highest BCUT2D eigenvalue weighted by Crippen LogP contribution is 2.32. The molecule has 3 aromatic carbocycles. The lowest BCUT2D eigenvalue weighted by Crippen LogP contribution is -2.29. The number of hydrogen-bond donors (Lipinski definition) is 3. The van der Waals surface area contributed by atoms with E-state index >= 15 is 0 Å². The fourth-order valence-corrected chi connectivity index (χ4v) is 4.77. The van der Waals surface area contributed by atoms with Gasteiger partial charge >= 0.3 is 6.03 Å². The average Bonchev–Trinajstić information content (AvgIpc) is 3.55. The van der Waals surface area contributed by atoms with Crippen LogP contribution < -0.4 is 15.4 Å². The van der Waals surface area contributed by atoms with Gasteiger partial charge in [-0.2, -0.15) is 10.2 Å². The number of urea groups is 1. The number of aryl methyl sites for hydroxylation is 1. The Bertz CT molecular complexity index is 1700. The van der Waals surface area contributed by atoms with Crippen LogP contribution in [0.4, 0.5) is 15.0 Å². The Morgan fingerprint density at radius 2 is 1.90 bits per heavy atom. The Kier molecular flexibility index (Phi) is 7.76. The van der Waals surface area contributed by atoms with E-state index in [1.807, 2.05) is 31.2 Å². The van der Waals surface area contributed by atoms with Crippen molar-refractivity contribution in [2.75, 3.05) is 11.9 Å². The molecule has 0 bridgehead atoms. The first-order valence-electron chi connectivity index (χ1n) is 13.4. The van der Waals surface area contributed by atoms with Gasteiger partial charge in [-0.05, 0) is 59.9 Å². The molecule has 0 radical (unpaired) electrons. The highest BCUT2D eigenvalue weighted by atomic mass is 19.1. The second kappa shape index (κ2) is 11.4. The predicted octanol–water partition coefficient (Wildman–Crippen LogP) is 6.07. The minimum absolute atomic E-state index is 0.0132. The van der Waals surface area contributed by atoms with Gasteiger partial charge < -0.3 is 15.2 Å². The van der Waals surface area contributed by atoms with E-state index in [1.54, 1.807) is 33.9 Å². The second-order valence-corrected chi connectivity index (χ2v) is 10.8. The largest absolute Gasteiger partial charge is 0.457 e. The minimum atomic E-state index is -0.467. The monoisotopic (exact) mass is 556 g/mol. The summed E-state index contributed by atoms with van der Waals surface area (Å²) in [7, 11) is 0. The first kappa shape index (κ1) is 27.9. The number of hydrogen-bond acceptors (Lipinski definition) is 5. The number of carbonyl (C=O) groups excluding carboxylic acids is 1. The van der Waals surface area contributed by atoms with Crippen molar-refractivity contribution >= 4 is 22.8 Å². The van der Waals surface area contributed by atoms with Crippen LogP contribution in [-0.2, 0) is 18.5 Å². The van der Waals surface area contributed by atoms with Gasteiger partial charge in [0.2, 0.25) is 0 Å². The molecule has 0 aliphatic heterocycles. The van der Waals surface area contributed by atoms with Crippen LogP contribution in [0, 0.1) is 12.7 Å². The number of halogens is 1. The number of nitrogens with zero attached hydrogens (tertiary/aromatic N) is 4. The molecule has 0 fully saturated rings. The maximum Gasteiger partial charge on any atom is 0.320 e. The topological polar surface area (TPSA) is 106 Å². The van der Waals surface area contributed by atoms with E-state index in [0.29, 0.717) is 29.4 Å². The predicted molar refractivity (Wildman–Crippen MR) is 156 cm³/mol. The fourth-order valence-electron chi connectivity index (χ4n) is 4.77. The van der Waals surface area contributed by atoms with Crippen LogP contribution in [0.25, 0.3) is 16.6 Å². The minimum Gasteiger partial charge on any atom is -0.457 e. The van der Waals surface area contributed by atoms with Crippen LogP contribution in [0.2, 0.25) is 0 Å². The third kappa shape index (κ3) is 6.07. The van der Waals surface area contributed by atoms with Crippen molar-refractivity contribution in [3.8, 4) is 17.2 Å². The lowest BCUT2D eigenvalue weighted by Gasteiger charge is -2.25. The molecular weight excluding hydrogens is 523 g/mol. The maximum atomic E-state index is 14.2. The number of carbonyl (C=O) groups is 1. The molecule has 2 heterocycles. The number of aliphatic hydroxyl groups excluding tert-OH is 1. The van der Waals surface area contributed by atoms with Crippen LogP contribution in [0.15, 0.2) is 73.1 Å². The van der Waals surface area contributed by atoms with Gasteiger partial charge in [0, 0.05) is 23.6 Å². The van der Waals surface area contributed by atoms with Gasteiger partial charge in [-0.3, -0.25) is 10.00 Å².